The number of carbonyl (C=O) groups excluding carboxylic acids is 1. The first kappa shape index (κ1) is 13.9. The number of hydrogen-bond donors (Lipinski definition) is 1. The fraction of sp³-hybridized carbons (Fsp3) is 0.125. The number of nitro benzene ring substituents is 1. The molecule has 0 spiro atoms. The van der Waals surface area contributed by atoms with E-state index >= 15 is 0 Å². The SMILES string of the molecule is O=C(N/N=C1\CCc2ccccc21)c1cccc([N+](=O)[O-])c1. The van der Waals surface area contributed by atoms with Crippen molar-refractivity contribution in [1.82, 2.24) is 5.43 Å². The molecule has 0 radical (unpaired) electrons. The topological polar surface area (TPSA) is 84.6 Å². The molecule has 0 unspecified atom stereocenters. The van der Waals surface area contributed by atoms with Gasteiger partial charge in [-0.3, -0.25) is 14.9 Å². The number of non-ortho nitro benzene ring substituents is 1. The predicted molar refractivity (Wildman–Crippen MR) is 81.9 cm³/mol. The van der Waals surface area contributed by atoms with Crippen LogP contribution in [0, 0.1) is 10.1 Å². The molecule has 2 aromatic rings. The highest BCUT2D eigenvalue weighted by atomic mass is 16.6. The zero-order chi connectivity index (χ0) is 15.5. The van der Waals surface area contributed by atoms with Crippen LogP contribution in [0.3, 0.4) is 0 Å². The van der Waals surface area contributed by atoms with Gasteiger partial charge in [0.15, 0.2) is 0 Å². The van der Waals surface area contributed by atoms with E-state index in [1.807, 2.05) is 24.3 Å². The first-order valence-electron chi connectivity index (χ1n) is 6.85. The number of benzene rings is 2. The quantitative estimate of drug-likeness (QED) is 0.697. The van der Waals surface area contributed by atoms with Crippen LogP contribution in [0.25, 0.3) is 0 Å². The van der Waals surface area contributed by atoms with Crippen molar-refractivity contribution < 1.29 is 9.72 Å². The number of carbonyl (C=O) groups is 1. The van der Waals surface area contributed by atoms with Gasteiger partial charge in [-0.05, 0) is 24.5 Å². The van der Waals surface area contributed by atoms with Gasteiger partial charge in [-0.2, -0.15) is 5.10 Å². The zero-order valence-electron chi connectivity index (χ0n) is 11.7. The molecule has 3 rings (SSSR count). The van der Waals surface area contributed by atoms with Gasteiger partial charge in [0, 0.05) is 23.3 Å². The summed E-state index contributed by atoms with van der Waals surface area (Å²) in [6.45, 7) is 0. The Kier molecular flexibility index (Phi) is 3.65. The van der Waals surface area contributed by atoms with Gasteiger partial charge in [0.1, 0.15) is 0 Å². The number of hydrazone groups is 1. The molecule has 2 aromatic carbocycles. The summed E-state index contributed by atoms with van der Waals surface area (Å²) in [6, 6.07) is 13.5. The van der Waals surface area contributed by atoms with Crippen LogP contribution in [0.4, 0.5) is 5.69 Å². The standard InChI is InChI=1S/C16H13N3O3/c20-16(12-5-3-6-13(10-12)19(21)22)18-17-15-9-8-11-4-1-2-7-14(11)15/h1-7,10H,8-9H2,(H,18,20)/b17-15+. The third-order valence-electron chi connectivity index (χ3n) is 3.57. The Morgan fingerprint density at radius 2 is 1.95 bits per heavy atom. The van der Waals surface area contributed by atoms with E-state index in [1.54, 1.807) is 0 Å². The van der Waals surface area contributed by atoms with Crippen molar-refractivity contribution in [3.8, 4) is 0 Å². The van der Waals surface area contributed by atoms with Crippen molar-refractivity contribution in [2.75, 3.05) is 0 Å². The Labute approximate surface area is 126 Å². The zero-order valence-corrected chi connectivity index (χ0v) is 11.7. The number of rotatable bonds is 3. The minimum atomic E-state index is -0.532. The van der Waals surface area contributed by atoms with E-state index in [4.69, 9.17) is 0 Å². The number of amides is 1. The van der Waals surface area contributed by atoms with Crippen LogP contribution < -0.4 is 5.43 Å². The summed E-state index contributed by atoms with van der Waals surface area (Å²) in [4.78, 5) is 22.2. The van der Waals surface area contributed by atoms with E-state index in [9.17, 15) is 14.9 Å². The molecule has 0 saturated carbocycles. The maximum atomic E-state index is 12.0. The van der Waals surface area contributed by atoms with Crippen LogP contribution in [0.5, 0.6) is 0 Å². The van der Waals surface area contributed by atoms with Crippen molar-refractivity contribution in [2.45, 2.75) is 12.8 Å². The lowest BCUT2D eigenvalue weighted by atomic mass is 10.1. The lowest BCUT2D eigenvalue weighted by Gasteiger charge is -2.02. The van der Waals surface area contributed by atoms with E-state index in [-0.39, 0.29) is 11.3 Å². The third kappa shape index (κ3) is 2.71. The van der Waals surface area contributed by atoms with E-state index in [1.165, 1.54) is 29.8 Å². The lowest BCUT2D eigenvalue weighted by Crippen LogP contribution is -2.19. The molecule has 0 saturated heterocycles. The predicted octanol–water partition coefficient (Wildman–Crippen LogP) is 2.68. The average molecular weight is 295 g/mol. The summed E-state index contributed by atoms with van der Waals surface area (Å²) in [5, 5.41) is 14.9. The summed E-state index contributed by atoms with van der Waals surface area (Å²) in [6.07, 6.45) is 1.68. The highest BCUT2D eigenvalue weighted by Crippen LogP contribution is 2.21. The molecular formula is C16H13N3O3. The largest absolute Gasteiger partial charge is 0.271 e. The van der Waals surface area contributed by atoms with Gasteiger partial charge in [0.05, 0.1) is 10.6 Å². The van der Waals surface area contributed by atoms with Crippen LogP contribution >= 0.6 is 0 Å². The molecule has 0 aromatic heterocycles. The van der Waals surface area contributed by atoms with Crippen molar-refractivity contribution in [3.05, 3.63) is 75.3 Å². The van der Waals surface area contributed by atoms with Crippen molar-refractivity contribution in [2.24, 2.45) is 5.10 Å². The van der Waals surface area contributed by atoms with E-state index < -0.39 is 10.8 Å². The van der Waals surface area contributed by atoms with Gasteiger partial charge in [-0.25, -0.2) is 5.43 Å². The normalized spacial score (nSPS) is 14.6. The fourth-order valence-corrected chi connectivity index (χ4v) is 2.47. The van der Waals surface area contributed by atoms with E-state index in [2.05, 4.69) is 10.5 Å². The van der Waals surface area contributed by atoms with Gasteiger partial charge < -0.3 is 0 Å². The number of nitrogens with one attached hydrogen (secondary N) is 1. The van der Waals surface area contributed by atoms with Crippen molar-refractivity contribution >= 4 is 17.3 Å². The number of hydrogen-bond acceptors (Lipinski definition) is 4. The van der Waals surface area contributed by atoms with Crippen LogP contribution in [-0.4, -0.2) is 16.5 Å². The molecule has 22 heavy (non-hydrogen) atoms. The van der Waals surface area contributed by atoms with Crippen molar-refractivity contribution in [3.63, 3.8) is 0 Å². The molecule has 1 N–H and O–H groups in total. The maximum absolute atomic E-state index is 12.0. The van der Waals surface area contributed by atoms with Crippen LogP contribution in [-0.2, 0) is 6.42 Å². The van der Waals surface area contributed by atoms with Gasteiger partial charge in [0.25, 0.3) is 11.6 Å². The van der Waals surface area contributed by atoms with E-state index in [0.29, 0.717) is 0 Å². The molecule has 6 heteroatoms. The van der Waals surface area contributed by atoms with Gasteiger partial charge >= 0.3 is 0 Å². The summed E-state index contributed by atoms with van der Waals surface area (Å²) in [5.41, 5.74) is 5.65. The van der Waals surface area contributed by atoms with Crippen molar-refractivity contribution in [1.29, 1.82) is 0 Å². The fourth-order valence-electron chi connectivity index (χ4n) is 2.47. The molecule has 1 amide bonds. The third-order valence-corrected chi connectivity index (χ3v) is 3.57. The number of fused-ring (bicyclic) bond motifs is 1. The molecule has 0 bridgehead atoms. The second-order valence-electron chi connectivity index (χ2n) is 4.96. The molecule has 0 aliphatic heterocycles. The first-order valence-corrected chi connectivity index (χ1v) is 6.85. The van der Waals surface area contributed by atoms with Crippen LogP contribution in [0.15, 0.2) is 53.6 Å². The van der Waals surface area contributed by atoms with Gasteiger partial charge in [0.2, 0.25) is 0 Å². The van der Waals surface area contributed by atoms with Gasteiger partial charge in [-0.15, -0.1) is 0 Å². The Bertz CT molecular complexity index is 784. The summed E-state index contributed by atoms with van der Waals surface area (Å²) < 4.78 is 0. The first-order chi connectivity index (χ1) is 10.6. The minimum Gasteiger partial charge on any atom is -0.267 e. The number of nitrogens with zero attached hydrogens (tertiary/aromatic N) is 2. The second kappa shape index (κ2) is 5.77. The summed E-state index contributed by atoms with van der Waals surface area (Å²) in [7, 11) is 0. The smallest absolute Gasteiger partial charge is 0.267 e. The average Bonchev–Trinajstić information content (AvgIpc) is 2.96. The monoisotopic (exact) mass is 295 g/mol. The highest BCUT2D eigenvalue weighted by molar-refractivity contribution is 6.05. The summed E-state index contributed by atoms with van der Waals surface area (Å²) >= 11 is 0. The Morgan fingerprint density at radius 1 is 1.14 bits per heavy atom. The molecule has 1 aliphatic rings. The Hall–Kier alpha value is -3.02. The lowest BCUT2D eigenvalue weighted by molar-refractivity contribution is -0.384. The van der Waals surface area contributed by atoms with Gasteiger partial charge in [-0.1, -0.05) is 30.3 Å². The highest BCUT2D eigenvalue weighted by Gasteiger charge is 2.17. The molecular weight excluding hydrogens is 282 g/mol. The Balaban J connectivity index is 1.77. The molecule has 0 fully saturated rings. The summed E-state index contributed by atoms with van der Waals surface area (Å²) in [5.74, 6) is -0.458. The Morgan fingerprint density at radius 3 is 2.77 bits per heavy atom. The molecule has 110 valence electrons. The molecule has 6 nitrogen and oxygen atoms in total. The molecule has 0 atom stereocenters. The minimum absolute atomic E-state index is 0.119. The van der Waals surface area contributed by atoms with Crippen LogP contribution in [0.1, 0.15) is 27.9 Å². The maximum Gasteiger partial charge on any atom is 0.271 e. The van der Waals surface area contributed by atoms with E-state index in [0.717, 1.165) is 24.1 Å². The number of aryl methyl sites for hydroxylation is 1. The van der Waals surface area contributed by atoms with Crippen LogP contribution in [0.2, 0.25) is 0 Å². The number of nitro groups is 1. The second-order valence-corrected chi connectivity index (χ2v) is 4.96. The molecule has 0 heterocycles. The molecule has 1 aliphatic carbocycles.